The number of nitrogens with zero attached hydrogens (tertiary/aromatic N) is 4. The minimum Gasteiger partial charge on any atom is -0.382 e. The molecule has 0 bridgehead atoms. The topological polar surface area (TPSA) is 80.9 Å². The number of aliphatic hydroxyl groups is 1. The molecule has 0 aliphatic heterocycles. The first-order chi connectivity index (χ1) is 17.9. The zero-order valence-corrected chi connectivity index (χ0v) is 23.0. The summed E-state index contributed by atoms with van der Waals surface area (Å²) in [6.45, 7) is 8.81. The quantitative estimate of drug-likeness (QED) is 0.304. The largest absolute Gasteiger partial charge is 0.382 e. The van der Waals surface area contributed by atoms with E-state index >= 15 is 0 Å². The van der Waals surface area contributed by atoms with Crippen molar-refractivity contribution in [3.8, 4) is 17.1 Å². The highest BCUT2D eigenvalue weighted by atomic mass is 35.5. The highest BCUT2D eigenvalue weighted by molar-refractivity contribution is 6.31. The van der Waals surface area contributed by atoms with Gasteiger partial charge in [0.2, 0.25) is 0 Å². The third kappa shape index (κ3) is 4.55. The van der Waals surface area contributed by atoms with Crippen molar-refractivity contribution in [2.45, 2.75) is 46.1 Å². The lowest BCUT2D eigenvalue weighted by Gasteiger charge is -2.18. The van der Waals surface area contributed by atoms with Crippen molar-refractivity contribution >= 4 is 28.8 Å². The molecule has 6 nitrogen and oxygen atoms in total. The van der Waals surface area contributed by atoms with E-state index in [1.165, 1.54) is 6.07 Å². The Morgan fingerprint density at radius 2 is 1.76 bits per heavy atom. The van der Waals surface area contributed by atoms with Crippen LogP contribution < -0.4 is 5.56 Å². The number of allylic oxidation sites excluding steroid dienone is 2. The molecule has 1 aliphatic carbocycles. The lowest BCUT2D eigenvalue weighted by Crippen LogP contribution is -2.23. The predicted octanol–water partition coefficient (Wildman–Crippen LogP) is 6.55. The molecule has 0 saturated heterocycles. The number of aromatic nitrogens is 4. The normalized spacial score (nSPS) is 15.2. The van der Waals surface area contributed by atoms with Gasteiger partial charge in [-0.2, -0.15) is 0 Å². The average molecular weight is 551 g/mol. The van der Waals surface area contributed by atoms with Gasteiger partial charge >= 0.3 is 0 Å². The van der Waals surface area contributed by atoms with Crippen LogP contribution in [0.5, 0.6) is 0 Å². The van der Waals surface area contributed by atoms with E-state index in [1.807, 2.05) is 26.8 Å². The van der Waals surface area contributed by atoms with E-state index in [4.69, 9.17) is 23.2 Å². The van der Waals surface area contributed by atoms with Crippen LogP contribution in [0.4, 0.5) is 4.39 Å². The Bertz CT molecular complexity index is 1710. The van der Waals surface area contributed by atoms with Gasteiger partial charge in [-0.25, -0.2) is 14.4 Å². The summed E-state index contributed by atoms with van der Waals surface area (Å²) in [5.41, 5.74) is 4.35. The number of pyridine rings is 2. The maximum absolute atomic E-state index is 14.6. The summed E-state index contributed by atoms with van der Waals surface area (Å²) in [6, 6.07) is 9.91. The van der Waals surface area contributed by atoms with E-state index in [9.17, 15) is 14.3 Å². The third-order valence-corrected chi connectivity index (χ3v) is 7.35. The SMILES string of the molecule is CC1=C(c2ccc(Cl)cc2F)[C@H]1c1cc(C)n(-c2cc(-c3ccnc(C(C)(C)O)n3)ncc2C)c(=O)c1Cl. The smallest absolute Gasteiger partial charge is 0.274 e. The Kier molecular flexibility index (Phi) is 6.50. The number of halogens is 3. The van der Waals surface area contributed by atoms with E-state index < -0.39 is 11.4 Å². The minimum atomic E-state index is -1.22. The third-order valence-electron chi connectivity index (χ3n) is 6.74. The van der Waals surface area contributed by atoms with Gasteiger partial charge in [0.1, 0.15) is 16.4 Å². The maximum Gasteiger partial charge on any atom is 0.274 e. The Hall–Kier alpha value is -3.39. The van der Waals surface area contributed by atoms with Crippen LogP contribution in [0.1, 0.15) is 54.9 Å². The molecule has 1 atom stereocenters. The van der Waals surface area contributed by atoms with Crippen molar-refractivity contribution < 1.29 is 9.50 Å². The van der Waals surface area contributed by atoms with E-state index in [2.05, 4.69) is 15.0 Å². The van der Waals surface area contributed by atoms with Crippen LogP contribution in [0.2, 0.25) is 10.0 Å². The van der Waals surface area contributed by atoms with Gasteiger partial charge in [-0.05, 0) is 81.7 Å². The van der Waals surface area contributed by atoms with E-state index in [0.717, 1.165) is 16.7 Å². The molecule has 0 fully saturated rings. The monoisotopic (exact) mass is 550 g/mol. The molecule has 0 spiro atoms. The second-order valence-electron chi connectivity index (χ2n) is 10.0. The maximum atomic E-state index is 14.6. The molecule has 4 aromatic rings. The van der Waals surface area contributed by atoms with E-state index in [-0.39, 0.29) is 22.3 Å². The van der Waals surface area contributed by atoms with Crippen molar-refractivity contribution in [2.24, 2.45) is 0 Å². The Balaban J connectivity index is 1.56. The summed E-state index contributed by atoms with van der Waals surface area (Å²) in [5, 5.41) is 10.7. The molecule has 1 N–H and O–H groups in total. The number of rotatable bonds is 5. The van der Waals surface area contributed by atoms with Gasteiger partial charge in [-0.3, -0.25) is 14.3 Å². The minimum absolute atomic E-state index is 0.0773. The van der Waals surface area contributed by atoms with Crippen LogP contribution in [0, 0.1) is 19.7 Å². The first kappa shape index (κ1) is 26.2. The molecule has 0 unspecified atom stereocenters. The first-order valence-electron chi connectivity index (χ1n) is 12.0. The standard InChI is InChI=1S/C29H25Cl2FN4O2/c1-14-13-34-22(21-8-9-33-28(35-21)29(4,5)38)12-23(14)36-15(2)10-19(26(31)27(36)37)25-16(3)24(25)18-7-6-17(30)11-20(18)32/h6-13,25,38H,1-5H3/t25-/m1/s1. The van der Waals surface area contributed by atoms with Gasteiger partial charge in [-0.1, -0.05) is 34.8 Å². The Labute approximate surface area is 229 Å². The van der Waals surface area contributed by atoms with Gasteiger partial charge in [0.25, 0.3) is 5.56 Å². The van der Waals surface area contributed by atoms with Crippen LogP contribution in [0.15, 0.2) is 59.2 Å². The summed E-state index contributed by atoms with van der Waals surface area (Å²) in [5.74, 6) is -0.387. The number of hydrogen-bond acceptors (Lipinski definition) is 5. The van der Waals surface area contributed by atoms with Crippen LogP contribution in [0.25, 0.3) is 22.6 Å². The van der Waals surface area contributed by atoms with Crippen molar-refractivity contribution in [3.05, 3.63) is 109 Å². The molecule has 0 radical (unpaired) electrons. The fraction of sp³-hybridized carbons (Fsp3) is 0.241. The van der Waals surface area contributed by atoms with Crippen LogP contribution in [-0.4, -0.2) is 24.6 Å². The summed E-state index contributed by atoms with van der Waals surface area (Å²) in [4.78, 5) is 26.7. The molecule has 0 saturated carbocycles. The fourth-order valence-corrected chi connectivity index (χ4v) is 5.14. The second-order valence-corrected chi connectivity index (χ2v) is 10.8. The van der Waals surface area contributed by atoms with Gasteiger partial charge in [0, 0.05) is 34.6 Å². The molecule has 3 aromatic heterocycles. The molecule has 194 valence electrons. The molecular formula is C29H25Cl2FN4O2. The summed E-state index contributed by atoms with van der Waals surface area (Å²) >= 11 is 12.6. The summed E-state index contributed by atoms with van der Waals surface area (Å²) < 4.78 is 16.2. The van der Waals surface area contributed by atoms with Crippen LogP contribution in [0.3, 0.4) is 0 Å². The zero-order chi connectivity index (χ0) is 27.5. The lowest BCUT2D eigenvalue weighted by molar-refractivity contribution is 0.0688. The number of aryl methyl sites for hydroxylation is 2. The molecule has 3 heterocycles. The van der Waals surface area contributed by atoms with Crippen LogP contribution in [-0.2, 0) is 5.60 Å². The Morgan fingerprint density at radius 1 is 1.03 bits per heavy atom. The molecule has 9 heteroatoms. The number of benzene rings is 1. The highest BCUT2D eigenvalue weighted by Gasteiger charge is 2.39. The number of hydrogen-bond donors (Lipinski definition) is 1. The van der Waals surface area contributed by atoms with Gasteiger partial charge < -0.3 is 5.11 Å². The molecule has 5 rings (SSSR count). The highest BCUT2D eigenvalue weighted by Crippen LogP contribution is 2.55. The van der Waals surface area contributed by atoms with Crippen molar-refractivity contribution in [3.63, 3.8) is 0 Å². The molecule has 0 amide bonds. The molecule has 1 aliphatic rings. The first-order valence-corrected chi connectivity index (χ1v) is 12.8. The molecule has 1 aromatic carbocycles. The van der Waals surface area contributed by atoms with E-state index in [0.29, 0.717) is 38.9 Å². The van der Waals surface area contributed by atoms with Gasteiger partial charge in [-0.15, -0.1) is 0 Å². The fourth-order valence-electron chi connectivity index (χ4n) is 4.73. The van der Waals surface area contributed by atoms with Crippen molar-refractivity contribution in [1.82, 2.24) is 19.5 Å². The molecule has 38 heavy (non-hydrogen) atoms. The van der Waals surface area contributed by atoms with Gasteiger partial charge in [0.05, 0.1) is 17.1 Å². The van der Waals surface area contributed by atoms with Crippen LogP contribution >= 0.6 is 23.2 Å². The van der Waals surface area contributed by atoms with Crippen molar-refractivity contribution in [1.29, 1.82) is 0 Å². The lowest BCUT2D eigenvalue weighted by atomic mass is 10.0. The molecular weight excluding hydrogens is 526 g/mol. The van der Waals surface area contributed by atoms with Crippen molar-refractivity contribution in [2.75, 3.05) is 0 Å². The summed E-state index contributed by atoms with van der Waals surface area (Å²) in [6.07, 6.45) is 3.23. The van der Waals surface area contributed by atoms with Gasteiger partial charge in [0.15, 0.2) is 5.82 Å². The zero-order valence-electron chi connectivity index (χ0n) is 21.5. The van der Waals surface area contributed by atoms with E-state index in [1.54, 1.807) is 55.1 Å². The Morgan fingerprint density at radius 3 is 2.45 bits per heavy atom. The average Bonchev–Trinajstić information content (AvgIpc) is 3.51. The second kappa shape index (κ2) is 9.42. The summed E-state index contributed by atoms with van der Waals surface area (Å²) in [7, 11) is 0. The predicted molar refractivity (Wildman–Crippen MR) is 147 cm³/mol.